The number of ether oxygens (including phenoxy) is 4. The molecule has 4 bridgehead atoms. The molecular formula is C54H58N4O6. The summed E-state index contributed by atoms with van der Waals surface area (Å²) in [6, 6.07) is 19.9. The number of carbonyl (C=O) groups excluding carboxylic acids is 2. The van der Waals surface area contributed by atoms with Gasteiger partial charge >= 0.3 is 0 Å². The molecule has 10 heteroatoms. The van der Waals surface area contributed by atoms with Crippen molar-refractivity contribution in [2.75, 3.05) is 40.4 Å². The summed E-state index contributed by atoms with van der Waals surface area (Å²) in [5.41, 5.74) is 4.29. The highest BCUT2D eigenvalue weighted by Gasteiger charge is 2.49. The molecule has 0 spiro atoms. The summed E-state index contributed by atoms with van der Waals surface area (Å²) >= 11 is 0. The van der Waals surface area contributed by atoms with E-state index in [1.54, 1.807) is 14.2 Å². The van der Waals surface area contributed by atoms with Gasteiger partial charge in [0.1, 0.15) is 35.2 Å². The molecule has 0 N–H and O–H groups in total. The van der Waals surface area contributed by atoms with Crippen LogP contribution in [0.5, 0.6) is 23.0 Å². The maximum Gasteiger partial charge on any atom is 0.175 e. The van der Waals surface area contributed by atoms with E-state index >= 15 is 9.59 Å². The number of carbonyl (C=O) groups is 2. The Balaban J connectivity index is 1.07. The second-order valence-electron chi connectivity index (χ2n) is 19.0. The zero-order valence-electron chi connectivity index (χ0n) is 37.3. The topological polar surface area (TPSA) is 103 Å². The number of pyridine rings is 2. The van der Waals surface area contributed by atoms with Crippen molar-refractivity contribution < 1.29 is 28.5 Å². The zero-order valence-corrected chi connectivity index (χ0v) is 37.3. The lowest BCUT2D eigenvalue weighted by Crippen LogP contribution is -2.56. The summed E-state index contributed by atoms with van der Waals surface area (Å²) in [5.74, 6) is 3.23. The number of hydrogen-bond acceptors (Lipinski definition) is 10. The minimum absolute atomic E-state index is 0.0497. The highest BCUT2D eigenvalue weighted by molar-refractivity contribution is 6.20. The van der Waals surface area contributed by atoms with Gasteiger partial charge in [0.2, 0.25) is 0 Å². The fourth-order valence-corrected chi connectivity index (χ4v) is 12.6. The van der Waals surface area contributed by atoms with E-state index in [2.05, 4.69) is 35.8 Å². The van der Waals surface area contributed by atoms with E-state index < -0.39 is 24.0 Å². The van der Waals surface area contributed by atoms with Crippen molar-refractivity contribution in [3.63, 3.8) is 0 Å². The Morgan fingerprint density at radius 3 is 1.47 bits per heavy atom. The van der Waals surface area contributed by atoms with E-state index in [9.17, 15) is 0 Å². The average Bonchev–Trinajstić information content (AvgIpc) is 3.36. The second kappa shape index (κ2) is 16.8. The molecule has 12 atom stereocenters. The van der Waals surface area contributed by atoms with Crippen LogP contribution in [0.25, 0.3) is 21.8 Å². The van der Waals surface area contributed by atoms with Gasteiger partial charge in [0.05, 0.1) is 60.3 Å². The Morgan fingerprint density at radius 2 is 1.08 bits per heavy atom. The molecule has 8 heterocycles. The van der Waals surface area contributed by atoms with Crippen molar-refractivity contribution in [3.05, 3.63) is 120 Å². The minimum atomic E-state index is -0.634. The van der Waals surface area contributed by atoms with Crippen molar-refractivity contribution in [1.82, 2.24) is 19.8 Å². The average molecular weight is 859 g/mol. The van der Waals surface area contributed by atoms with Gasteiger partial charge in [-0.15, -0.1) is 0 Å². The summed E-state index contributed by atoms with van der Waals surface area (Å²) < 4.78 is 26.3. The standard InChI is InChI=1S/C54H58N4O6/c1-5-31-29-57-23-19-33(31)25-45(57)53(39-17-21-55-43-13-11-35(61-3)27-41(39)43)63-47-15-16-48(50-49(47)51(59)37-9-7-8-10-38(37)52(50)60)64-54(46-26-34-20-24-58(46)30-32(34)6-2)40-18-22-56-44-14-12-36(62-4)28-42(40)44/h7-18,21-22,27-28,31-34,37-38,45-46,53-54H,5-6,19-20,23-26,29-30H2,1-4H3/t31?,32?,33-,34?,37?,38?,45?,46-,53+,54+/m1/s1. The predicted molar refractivity (Wildman–Crippen MR) is 247 cm³/mol. The van der Waals surface area contributed by atoms with E-state index in [1.807, 2.05) is 85.2 Å². The van der Waals surface area contributed by atoms with Crippen molar-refractivity contribution >= 4 is 33.4 Å². The van der Waals surface area contributed by atoms with Gasteiger partial charge in [0, 0.05) is 47.4 Å². The number of aromatic nitrogens is 2. The molecule has 330 valence electrons. The van der Waals surface area contributed by atoms with Crippen LogP contribution in [-0.2, 0) is 0 Å². The van der Waals surface area contributed by atoms with Crippen LogP contribution >= 0.6 is 0 Å². The van der Waals surface area contributed by atoms with Gasteiger partial charge in [0.25, 0.3) is 0 Å². The SMILES string of the molecule is CCC1CN2CCC1C[C@@H]2[C@@H](Oc1ccc(O[C@@H](c2ccnc3ccc(OC)cc23)C2C[C@H]3CCN2CC3CC)c2c1C(=O)C1C=CC=CC1C2=O)c1ccnc2ccc(OC)cc12. The van der Waals surface area contributed by atoms with Crippen LogP contribution in [0.2, 0.25) is 0 Å². The fraction of sp³-hybridized carbons (Fsp3) is 0.444. The lowest BCUT2D eigenvalue weighted by atomic mass is 9.71. The number of ketones is 2. The summed E-state index contributed by atoms with van der Waals surface area (Å²) in [6.07, 6.45) is 16.9. The molecule has 5 aromatic rings. The molecule has 6 fully saturated rings. The molecule has 0 radical (unpaired) electrons. The van der Waals surface area contributed by atoms with E-state index in [1.165, 1.54) is 12.8 Å². The highest BCUT2D eigenvalue weighted by atomic mass is 16.5. The van der Waals surface area contributed by atoms with Gasteiger partial charge in [-0.25, -0.2) is 0 Å². The normalized spacial score (nSPS) is 29.9. The summed E-state index contributed by atoms with van der Waals surface area (Å²) in [4.78, 5) is 45.1. The second-order valence-corrected chi connectivity index (χ2v) is 19.0. The predicted octanol–water partition coefficient (Wildman–Crippen LogP) is 10.0. The van der Waals surface area contributed by atoms with Crippen LogP contribution in [0.3, 0.4) is 0 Å². The third-order valence-electron chi connectivity index (χ3n) is 16.1. The van der Waals surface area contributed by atoms with Crippen LogP contribution in [0.1, 0.15) is 96.4 Å². The summed E-state index contributed by atoms with van der Waals surface area (Å²) in [7, 11) is 3.36. The molecule has 10 nitrogen and oxygen atoms in total. The summed E-state index contributed by atoms with van der Waals surface area (Å²) in [5, 5.41) is 1.90. The van der Waals surface area contributed by atoms with Gasteiger partial charge < -0.3 is 18.9 Å². The largest absolute Gasteiger partial charge is 0.497 e. The Bertz CT molecular complexity index is 2510. The number of piperidine rings is 6. The summed E-state index contributed by atoms with van der Waals surface area (Å²) in [6.45, 7) is 8.61. The number of fused-ring (bicyclic) bond motifs is 10. The smallest absolute Gasteiger partial charge is 0.175 e. The number of rotatable bonds is 12. The molecule has 3 aromatic carbocycles. The van der Waals surface area contributed by atoms with Crippen LogP contribution in [-0.4, -0.2) is 83.8 Å². The van der Waals surface area contributed by atoms with Gasteiger partial charge in [-0.3, -0.25) is 29.4 Å². The van der Waals surface area contributed by atoms with Crippen LogP contribution < -0.4 is 18.9 Å². The van der Waals surface area contributed by atoms with E-state index in [0.29, 0.717) is 46.3 Å². The Kier molecular flexibility index (Phi) is 10.8. The Morgan fingerprint density at radius 1 is 0.625 bits per heavy atom. The molecule has 64 heavy (non-hydrogen) atoms. The van der Waals surface area contributed by atoms with Gasteiger partial charge in [0.15, 0.2) is 11.6 Å². The monoisotopic (exact) mass is 858 g/mol. The van der Waals surface area contributed by atoms with Crippen LogP contribution in [0.4, 0.5) is 0 Å². The van der Waals surface area contributed by atoms with E-state index in [0.717, 1.165) is 96.3 Å². The molecule has 0 amide bonds. The van der Waals surface area contributed by atoms with Crippen LogP contribution in [0.15, 0.2) is 97.4 Å². The quantitative estimate of drug-likeness (QED) is 0.121. The molecular weight excluding hydrogens is 801 g/mol. The molecule has 8 unspecified atom stereocenters. The first-order valence-electron chi connectivity index (χ1n) is 23.6. The van der Waals surface area contributed by atoms with Crippen molar-refractivity contribution in [1.29, 1.82) is 0 Å². The molecule has 6 aliphatic heterocycles. The highest BCUT2D eigenvalue weighted by Crippen LogP contribution is 2.50. The van der Waals surface area contributed by atoms with Crippen molar-refractivity contribution in [2.45, 2.75) is 76.7 Å². The van der Waals surface area contributed by atoms with E-state index in [4.69, 9.17) is 28.9 Å². The first kappa shape index (κ1) is 41.1. The third-order valence-corrected chi connectivity index (χ3v) is 16.1. The number of allylic oxidation sites excluding steroid dienone is 4. The lowest BCUT2D eigenvalue weighted by Gasteiger charge is -2.52. The van der Waals surface area contributed by atoms with E-state index in [-0.39, 0.29) is 23.7 Å². The Hall–Kier alpha value is -5.58. The van der Waals surface area contributed by atoms with Gasteiger partial charge in [-0.2, -0.15) is 0 Å². The molecule has 0 saturated carbocycles. The first-order chi connectivity index (χ1) is 31.3. The fourth-order valence-electron chi connectivity index (χ4n) is 12.6. The zero-order chi connectivity index (χ0) is 43.6. The number of hydrogen-bond donors (Lipinski definition) is 0. The number of nitrogens with zero attached hydrogens (tertiary/aromatic N) is 4. The molecule has 13 rings (SSSR count). The van der Waals surface area contributed by atoms with Gasteiger partial charge in [-0.1, -0.05) is 51.0 Å². The lowest BCUT2D eigenvalue weighted by molar-refractivity contribution is -0.0494. The van der Waals surface area contributed by atoms with Gasteiger partial charge in [-0.05, 0) is 123 Å². The maximum atomic E-state index is 15.2. The molecule has 2 aromatic heterocycles. The molecule has 2 aliphatic carbocycles. The number of Topliss-reactive ketones (excluding diaryl/α,β-unsaturated/α-hetero) is 2. The van der Waals surface area contributed by atoms with Crippen molar-refractivity contribution in [3.8, 4) is 23.0 Å². The van der Waals surface area contributed by atoms with Crippen molar-refractivity contribution in [2.24, 2.45) is 35.5 Å². The molecule has 8 aliphatic rings. The maximum absolute atomic E-state index is 15.2. The third kappa shape index (κ3) is 6.90. The number of benzene rings is 3. The van der Waals surface area contributed by atoms with Crippen LogP contribution in [0, 0.1) is 35.5 Å². The Labute approximate surface area is 375 Å². The molecule has 6 saturated heterocycles. The first-order valence-corrected chi connectivity index (χ1v) is 23.6. The minimum Gasteiger partial charge on any atom is -0.497 e. The number of methoxy groups -OCH3 is 2.